The highest BCUT2D eigenvalue weighted by atomic mass is 35.5. The van der Waals surface area contributed by atoms with E-state index in [0.717, 1.165) is 13.1 Å². The molecule has 0 aliphatic rings. The molecule has 0 unspecified atom stereocenters. The first-order valence-corrected chi connectivity index (χ1v) is 6.23. The quantitative estimate of drug-likeness (QED) is 0.784. The molecule has 17 heavy (non-hydrogen) atoms. The summed E-state index contributed by atoms with van der Waals surface area (Å²) in [5.74, 6) is 0.983. The molecule has 0 saturated carbocycles. The first kappa shape index (κ1) is 14.0. The summed E-state index contributed by atoms with van der Waals surface area (Å²) in [5, 5.41) is 0.167. The molecule has 1 aromatic heterocycles. The minimum Gasteiger partial charge on any atom is -0.463 e. The summed E-state index contributed by atoms with van der Waals surface area (Å²) >= 11 is 5.85. The fraction of sp³-hybridized carbons (Fsp3) is 0.727. The number of anilines is 1. The lowest BCUT2D eigenvalue weighted by molar-refractivity contribution is 0.250. The van der Waals surface area contributed by atoms with Gasteiger partial charge in [-0.15, -0.1) is 0 Å². The molecule has 0 aliphatic carbocycles. The van der Waals surface area contributed by atoms with Crippen LogP contribution in [-0.2, 0) is 0 Å². The van der Waals surface area contributed by atoms with Crippen molar-refractivity contribution in [3.05, 3.63) is 5.28 Å². The SMILES string of the molecule is CCN(CC)c1nc(Cl)nc(OCC(C)C)n1. The molecule has 1 heterocycles. The lowest BCUT2D eigenvalue weighted by atomic mass is 10.2. The van der Waals surface area contributed by atoms with Crippen molar-refractivity contribution in [1.82, 2.24) is 15.0 Å². The minimum atomic E-state index is 0.167. The van der Waals surface area contributed by atoms with E-state index < -0.39 is 0 Å². The molecule has 0 radical (unpaired) electrons. The van der Waals surface area contributed by atoms with Gasteiger partial charge in [-0.05, 0) is 31.4 Å². The molecule has 6 heteroatoms. The second kappa shape index (κ2) is 6.59. The summed E-state index contributed by atoms with van der Waals surface area (Å²) < 4.78 is 5.45. The molecular formula is C11H19ClN4O. The predicted octanol–water partition coefficient (Wildman–Crippen LogP) is 2.41. The predicted molar refractivity (Wildman–Crippen MR) is 68.7 cm³/mol. The van der Waals surface area contributed by atoms with E-state index in [-0.39, 0.29) is 5.28 Å². The number of aromatic nitrogens is 3. The number of ether oxygens (including phenoxy) is 1. The smallest absolute Gasteiger partial charge is 0.322 e. The Labute approximate surface area is 107 Å². The van der Waals surface area contributed by atoms with Crippen molar-refractivity contribution < 1.29 is 4.74 Å². The fourth-order valence-electron chi connectivity index (χ4n) is 1.28. The van der Waals surface area contributed by atoms with Gasteiger partial charge >= 0.3 is 6.01 Å². The fourth-order valence-corrected chi connectivity index (χ4v) is 1.42. The lowest BCUT2D eigenvalue weighted by Crippen LogP contribution is -2.24. The Morgan fingerprint density at radius 1 is 1.18 bits per heavy atom. The van der Waals surface area contributed by atoms with E-state index in [9.17, 15) is 0 Å². The number of rotatable bonds is 6. The Morgan fingerprint density at radius 2 is 1.82 bits per heavy atom. The van der Waals surface area contributed by atoms with Crippen LogP contribution in [0.4, 0.5) is 5.95 Å². The normalized spacial score (nSPS) is 10.7. The van der Waals surface area contributed by atoms with Crippen LogP contribution in [0.15, 0.2) is 0 Å². The van der Waals surface area contributed by atoms with E-state index in [4.69, 9.17) is 16.3 Å². The molecule has 0 aromatic carbocycles. The Bertz CT molecular complexity index is 355. The van der Waals surface area contributed by atoms with E-state index in [1.807, 2.05) is 18.7 Å². The maximum Gasteiger partial charge on any atom is 0.322 e. The Kier molecular flexibility index (Phi) is 5.41. The molecule has 0 fully saturated rings. The van der Waals surface area contributed by atoms with Gasteiger partial charge in [0.15, 0.2) is 0 Å². The third-order valence-corrected chi connectivity index (χ3v) is 2.34. The van der Waals surface area contributed by atoms with Gasteiger partial charge in [0.1, 0.15) is 0 Å². The van der Waals surface area contributed by atoms with Crippen molar-refractivity contribution in [2.75, 3.05) is 24.6 Å². The monoisotopic (exact) mass is 258 g/mol. The van der Waals surface area contributed by atoms with Crippen molar-refractivity contribution in [1.29, 1.82) is 0 Å². The molecule has 0 amide bonds. The maximum atomic E-state index is 5.85. The van der Waals surface area contributed by atoms with Crippen molar-refractivity contribution in [3.8, 4) is 6.01 Å². The molecular weight excluding hydrogens is 240 g/mol. The topological polar surface area (TPSA) is 51.1 Å². The van der Waals surface area contributed by atoms with Crippen molar-refractivity contribution >= 4 is 17.5 Å². The van der Waals surface area contributed by atoms with E-state index >= 15 is 0 Å². The van der Waals surface area contributed by atoms with Crippen LogP contribution in [0.25, 0.3) is 0 Å². The van der Waals surface area contributed by atoms with Crippen molar-refractivity contribution in [2.45, 2.75) is 27.7 Å². The first-order chi connectivity index (χ1) is 8.06. The van der Waals surface area contributed by atoms with Crippen LogP contribution in [0.5, 0.6) is 6.01 Å². The van der Waals surface area contributed by atoms with Crippen LogP contribution >= 0.6 is 11.6 Å². The zero-order valence-corrected chi connectivity index (χ0v) is 11.5. The van der Waals surface area contributed by atoms with Crippen LogP contribution < -0.4 is 9.64 Å². The molecule has 5 nitrogen and oxygen atoms in total. The van der Waals surface area contributed by atoms with Gasteiger partial charge in [0.25, 0.3) is 0 Å². The highest BCUT2D eigenvalue weighted by Gasteiger charge is 2.11. The van der Waals surface area contributed by atoms with Crippen LogP contribution in [0.2, 0.25) is 5.28 Å². The lowest BCUT2D eigenvalue weighted by Gasteiger charge is -2.18. The van der Waals surface area contributed by atoms with Crippen LogP contribution in [0.3, 0.4) is 0 Å². The number of hydrogen-bond donors (Lipinski definition) is 0. The van der Waals surface area contributed by atoms with Gasteiger partial charge in [-0.25, -0.2) is 0 Å². The third kappa shape index (κ3) is 4.34. The molecule has 0 N–H and O–H groups in total. The number of hydrogen-bond acceptors (Lipinski definition) is 5. The Balaban J connectivity index is 2.85. The highest BCUT2D eigenvalue weighted by Crippen LogP contribution is 2.15. The molecule has 0 bridgehead atoms. The zero-order chi connectivity index (χ0) is 12.8. The minimum absolute atomic E-state index is 0.167. The Morgan fingerprint density at radius 3 is 2.35 bits per heavy atom. The molecule has 0 aliphatic heterocycles. The zero-order valence-electron chi connectivity index (χ0n) is 10.8. The van der Waals surface area contributed by atoms with Crippen molar-refractivity contribution in [3.63, 3.8) is 0 Å². The van der Waals surface area contributed by atoms with E-state index in [1.54, 1.807) is 0 Å². The standard InChI is InChI=1S/C11H19ClN4O/c1-5-16(6-2)10-13-9(12)14-11(15-10)17-7-8(3)4/h8H,5-7H2,1-4H3. The summed E-state index contributed by atoms with van der Waals surface area (Å²) in [6.07, 6.45) is 0. The summed E-state index contributed by atoms with van der Waals surface area (Å²) in [7, 11) is 0. The summed E-state index contributed by atoms with van der Waals surface area (Å²) in [4.78, 5) is 14.3. The molecule has 96 valence electrons. The highest BCUT2D eigenvalue weighted by molar-refractivity contribution is 6.28. The van der Waals surface area contributed by atoms with Crippen LogP contribution in [0, 0.1) is 5.92 Å². The van der Waals surface area contributed by atoms with Gasteiger partial charge in [0, 0.05) is 13.1 Å². The average molecular weight is 259 g/mol. The van der Waals surface area contributed by atoms with E-state index in [1.165, 1.54) is 0 Å². The molecule has 0 spiro atoms. The average Bonchev–Trinajstić information content (AvgIpc) is 2.27. The van der Waals surface area contributed by atoms with E-state index in [0.29, 0.717) is 24.5 Å². The Hall–Kier alpha value is -1.10. The summed E-state index contributed by atoms with van der Waals surface area (Å²) in [6, 6.07) is 0.292. The largest absolute Gasteiger partial charge is 0.463 e. The van der Waals surface area contributed by atoms with Gasteiger partial charge in [0.2, 0.25) is 11.2 Å². The van der Waals surface area contributed by atoms with Crippen molar-refractivity contribution in [2.24, 2.45) is 5.92 Å². The van der Waals surface area contributed by atoms with Gasteiger partial charge in [0.05, 0.1) is 6.61 Å². The second-order valence-electron chi connectivity index (χ2n) is 4.06. The molecule has 1 aromatic rings. The summed E-state index contributed by atoms with van der Waals surface area (Å²) in [5.41, 5.74) is 0. The molecule has 1 rings (SSSR count). The van der Waals surface area contributed by atoms with Gasteiger partial charge < -0.3 is 9.64 Å². The first-order valence-electron chi connectivity index (χ1n) is 5.86. The van der Waals surface area contributed by atoms with Crippen LogP contribution in [-0.4, -0.2) is 34.6 Å². The number of halogens is 1. The van der Waals surface area contributed by atoms with Crippen LogP contribution in [0.1, 0.15) is 27.7 Å². The van der Waals surface area contributed by atoms with Gasteiger partial charge in [-0.2, -0.15) is 15.0 Å². The van der Waals surface area contributed by atoms with E-state index in [2.05, 4.69) is 28.8 Å². The summed E-state index contributed by atoms with van der Waals surface area (Å²) in [6.45, 7) is 10.4. The number of nitrogens with zero attached hydrogens (tertiary/aromatic N) is 4. The maximum absolute atomic E-state index is 5.85. The second-order valence-corrected chi connectivity index (χ2v) is 4.40. The molecule has 0 saturated heterocycles. The third-order valence-electron chi connectivity index (χ3n) is 2.17. The van der Waals surface area contributed by atoms with Gasteiger partial charge in [-0.3, -0.25) is 0 Å². The van der Waals surface area contributed by atoms with Gasteiger partial charge in [-0.1, -0.05) is 13.8 Å². The molecule has 0 atom stereocenters.